The Hall–Kier alpha value is -1.56. The number of carboxylic acid groups (broad SMARTS) is 1. The monoisotopic (exact) mass is 329 g/mol. The Morgan fingerprint density at radius 1 is 1.30 bits per heavy atom. The zero-order valence-corrected chi connectivity index (χ0v) is 13.3. The summed E-state index contributed by atoms with van der Waals surface area (Å²) in [4.78, 5) is 8.90. The summed E-state index contributed by atoms with van der Waals surface area (Å²) in [6, 6.07) is 6.91. The molecule has 3 nitrogen and oxygen atoms in total. The predicted octanol–water partition coefficient (Wildman–Crippen LogP) is 3.97. The number of carboxylic acids is 1. The molecule has 23 heavy (non-hydrogen) atoms. The lowest BCUT2D eigenvalue weighted by atomic mass is 9.67. The van der Waals surface area contributed by atoms with Crippen LogP contribution in [0.4, 0.5) is 13.2 Å². The Kier molecular flexibility index (Phi) is 5.04. The Morgan fingerprint density at radius 3 is 2.57 bits per heavy atom. The fraction of sp³-hybridized carbons (Fsp3) is 0.588. The zero-order chi connectivity index (χ0) is 17.3. The lowest BCUT2D eigenvalue weighted by Gasteiger charge is -2.37. The molecule has 1 aromatic rings. The number of hydrogen-bond donors (Lipinski definition) is 2. The van der Waals surface area contributed by atoms with E-state index in [2.05, 4.69) is 37.4 Å². The van der Waals surface area contributed by atoms with Crippen LogP contribution in [0.25, 0.3) is 0 Å². The van der Waals surface area contributed by atoms with Gasteiger partial charge in [-0.3, -0.25) is 0 Å². The van der Waals surface area contributed by atoms with Crippen molar-refractivity contribution in [2.24, 2.45) is 0 Å². The van der Waals surface area contributed by atoms with Crippen molar-refractivity contribution in [1.29, 1.82) is 0 Å². The standard InChI is InChI=1S/C15H21N.C2HF3O2/c1-15(2)8-6-11-7-9-16-10-12-4-3-5-13(15)14(11)12;3-2(4,5)1(6)7/h3-5,11,16H,6-10H2,1-2H3;(H,6,7). The average molecular weight is 329 g/mol. The maximum atomic E-state index is 10.6. The van der Waals surface area contributed by atoms with Crippen LogP contribution in [0.1, 0.15) is 55.7 Å². The Morgan fingerprint density at radius 2 is 1.96 bits per heavy atom. The summed E-state index contributed by atoms with van der Waals surface area (Å²) >= 11 is 0. The largest absolute Gasteiger partial charge is 0.490 e. The van der Waals surface area contributed by atoms with Gasteiger partial charge in [0.25, 0.3) is 0 Å². The van der Waals surface area contributed by atoms with Crippen LogP contribution in [0.5, 0.6) is 0 Å². The summed E-state index contributed by atoms with van der Waals surface area (Å²) in [6.45, 7) is 7.04. The topological polar surface area (TPSA) is 49.3 Å². The van der Waals surface area contributed by atoms with Gasteiger partial charge in [-0.15, -0.1) is 0 Å². The van der Waals surface area contributed by atoms with Gasteiger partial charge in [0, 0.05) is 6.54 Å². The molecule has 2 N–H and O–H groups in total. The molecule has 1 atom stereocenters. The van der Waals surface area contributed by atoms with E-state index in [1.807, 2.05) is 0 Å². The smallest absolute Gasteiger partial charge is 0.475 e. The van der Waals surface area contributed by atoms with Crippen molar-refractivity contribution in [2.75, 3.05) is 6.54 Å². The van der Waals surface area contributed by atoms with Crippen LogP contribution in [-0.2, 0) is 16.8 Å². The fourth-order valence-electron chi connectivity index (χ4n) is 3.44. The van der Waals surface area contributed by atoms with E-state index in [-0.39, 0.29) is 0 Å². The van der Waals surface area contributed by atoms with Gasteiger partial charge in [-0.1, -0.05) is 32.0 Å². The molecule has 1 aromatic carbocycles. The third-order valence-corrected chi connectivity index (χ3v) is 4.68. The van der Waals surface area contributed by atoms with Gasteiger partial charge in [-0.25, -0.2) is 4.79 Å². The van der Waals surface area contributed by atoms with Crippen molar-refractivity contribution in [3.05, 3.63) is 34.9 Å². The molecular formula is C17H22F3NO2. The van der Waals surface area contributed by atoms with Crippen LogP contribution in [0.15, 0.2) is 18.2 Å². The maximum Gasteiger partial charge on any atom is 0.490 e. The molecule has 1 heterocycles. The van der Waals surface area contributed by atoms with Gasteiger partial charge in [-0.05, 0) is 53.8 Å². The van der Waals surface area contributed by atoms with Crippen molar-refractivity contribution in [1.82, 2.24) is 5.32 Å². The van der Waals surface area contributed by atoms with Crippen molar-refractivity contribution < 1.29 is 23.1 Å². The zero-order valence-electron chi connectivity index (χ0n) is 13.3. The van der Waals surface area contributed by atoms with Gasteiger partial charge in [-0.2, -0.15) is 13.2 Å². The molecule has 0 aromatic heterocycles. The molecule has 2 aliphatic rings. The van der Waals surface area contributed by atoms with Crippen molar-refractivity contribution in [2.45, 2.75) is 57.2 Å². The number of alkyl halides is 3. The van der Waals surface area contributed by atoms with Crippen LogP contribution in [0.3, 0.4) is 0 Å². The van der Waals surface area contributed by atoms with E-state index in [1.54, 1.807) is 16.7 Å². The summed E-state index contributed by atoms with van der Waals surface area (Å²) in [5.74, 6) is -1.94. The maximum absolute atomic E-state index is 10.6. The number of aliphatic carboxylic acids is 1. The van der Waals surface area contributed by atoms with Crippen LogP contribution in [-0.4, -0.2) is 23.8 Å². The van der Waals surface area contributed by atoms with Crippen molar-refractivity contribution in [3.8, 4) is 0 Å². The fourth-order valence-corrected chi connectivity index (χ4v) is 3.44. The molecule has 0 saturated carbocycles. The van der Waals surface area contributed by atoms with Gasteiger partial charge in [0.05, 0.1) is 0 Å². The van der Waals surface area contributed by atoms with E-state index >= 15 is 0 Å². The molecule has 0 saturated heterocycles. The highest BCUT2D eigenvalue weighted by molar-refractivity contribution is 5.73. The second-order valence-corrected chi connectivity index (χ2v) is 6.77. The molecule has 1 aliphatic carbocycles. The molecule has 128 valence electrons. The molecule has 3 rings (SSSR count). The van der Waals surface area contributed by atoms with E-state index in [0.717, 1.165) is 12.5 Å². The summed E-state index contributed by atoms with van der Waals surface area (Å²) < 4.78 is 31.7. The summed E-state index contributed by atoms with van der Waals surface area (Å²) in [6.07, 6.45) is -1.05. The molecule has 0 bridgehead atoms. The molecule has 0 spiro atoms. The molecule has 0 radical (unpaired) electrons. The number of halogens is 3. The number of benzene rings is 1. The molecule has 1 unspecified atom stereocenters. The Bertz CT molecular complexity index is 582. The van der Waals surface area contributed by atoms with E-state index in [9.17, 15) is 13.2 Å². The Balaban J connectivity index is 0.000000236. The highest BCUT2D eigenvalue weighted by Crippen LogP contribution is 2.45. The average Bonchev–Trinajstić information content (AvgIpc) is 2.66. The third kappa shape index (κ3) is 4.05. The number of carbonyl (C=O) groups is 1. The number of hydrogen-bond acceptors (Lipinski definition) is 2. The SMILES string of the molecule is CC1(C)CCC2CCNCc3cccc1c32.O=C(O)C(F)(F)F. The lowest BCUT2D eigenvalue weighted by molar-refractivity contribution is -0.192. The van der Waals surface area contributed by atoms with E-state index in [4.69, 9.17) is 9.90 Å². The molecular weight excluding hydrogens is 307 g/mol. The Labute approximate surface area is 133 Å². The van der Waals surface area contributed by atoms with Crippen molar-refractivity contribution >= 4 is 5.97 Å². The van der Waals surface area contributed by atoms with Crippen LogP contribution in [0, 0.1) is 0 Å². The minimum Gasteiger partial charge on any atom is -0.475 e. The molecule has 1 aliphatic heterocycles. The second kappa shape index (κ2) is 6.51. The van der Waals surface area contributed by atoms with E-state index in [1.165, 1.54) is 25.8 Å². The van der Waals surface area contributed by atoms with Gasteiger partial charge in [0.1, 0.15) is 0 Å². The molecule has 6 heteroatoms. The van der Waals surface area contributed by atoms with E-state index < -0.39 is 12.1 Å². The predicted molar refractivity (Wildman–Crippen MR) is 81.5 cm³/mol. The van der Waals surface area contributed by atoms with E-state index in [0.29, 0.717) is 5.41 Å². The minimum atomic E-state index is -5.08. The second-order valence-electron chi connectivity index (χ2n) is 6.77. The first-order chi connectivity index (χ1) is 10.6. The normalized spacial score (nSPS) is 22.2. The number of rotatable bonds is 0. The lowest BCUT2D eigenvalue weighted by Crippen LogP contribution is -2.27. The minimum absolute atomic E-state index is 0.381. The van der Waals surface area contributed by atoms with Gasteiger partial charge in [0.15, 0.2) is 0 Å². The van der Waals surface area contributed by atoms with Gasteiger partial charge in [0.2, 0.25) is 0 Å². The first-order valence-electron chi connectivity index (χ1n) is 7.76. The van der Waals surface area contributed by atoms with Crippen LogP contribution < -0.4 is 5.32 Å². The van der Waals surface area contributed by atoms with Gasteiger partial charge < -0.3 is 10.4 Å². The summed E-state index contributed by atoms with van der Waals surface area (Å²) in [7, 11) is 0. The first kappa shape index (κ1) is 17.8. The quantitative estimate of drug-likeness (QED) is 0.757. The van der Waals surface area contributed by atoms with Crippen LogP contribution >= 0.6 is 0 Å². The third-order valence-electron chi connectivity index (χ3n) is 4.68. The summed E-state index contributed by atoms with van der Waals surface area (Å²) in [5, 5.41) is 10.7. The van der Waals surface area contributed by atoms with Crippen molar-refractivity contribution in [3.63, 3.8) is 0 Å². The highest BCUT2D eigenvalue weighted by atomic mass is 19.4. The van der Waals surface area contributed by atoms with Gasteiger partial charge >= 0.3 is 12.1 Å². The first-order valence-corrected chi connectivity index (χ1v) is 7.76. The molecule has 0 fully saturated rings. The molecule has 0 amide bonds. The highest BCUT2D eigenvalue weighted by Gasteiger charge is 2.38. The number of nitrogens with one attached hydrogen (secondary N) is 1. The summed E-state index contributed by atoms with van der Waals surface area (Å²) in [5.41, 5.74) is 5.23. The van der Waals surface area contributed by atoms with Crippen LogP contribution in [0.2, 0.25) is 0 Å².